The van der Waals surface area contributed by atoms with Gasteiger partial charge in [-0.25, -0.2) is 9.89 Å². The third-order valence-corrected chi connectivity index (χ3v) is 5.59. The van der Waals surface area contributed by atoms with Crippen LogP contribution in [0.2, 0.25) is 0 Å². The van der Waals surface area contributed by atoms with Crippen molar-refractivity contribution in [2.75, 3.05) is 6.61 Å². The highest BCUT2D eigenvalue weighted by molar-refractivity contribution is 5.91. The first-order valence-corrected chi connectivity index (χ1v) is 11.6. The number of rotatable bonds is 9. The van der Waals surface area contributed by atoms with E-state index in [2.05, 4.69) is 27.5 Å². The lowest BCUT2D eigenvalue weighted by atomic mass is 10.0. The molecule has 3 rings (SSSR count). The summed E-state index contributed by atoms with van der Waals surface area (Å²) in [5.41, 5.74) is 0.402. The van der Waals surface area contributed by atoms with Crippen LogP contribution in [0.4, 0.5) is 4.79 Å². The molecule has 0 aliphatic rings. The highest BCUT2D eigenvalue weighted by Crippen LogP contribution is 2.33. The van der Waals surface area contributed by atoms with E-state index in [-0.39, 0.29) is 18.0 Å². The summed E-state index contributed by atoms with van der Waals surface area (Å²) in [6.45, 7) is 12.5. The van der Waals surface area contributed by atoms with Crippen LogP contribution in [0.25, 0.3) is 22.2 Å². The second kappa shape index (κ2) is 10.2. The van der Waals surface area contributed by atoms with Crippen molar-refractivity contribution >= 4 is 16.9 Å². The fraction of sp³-hybridized carbons (Fsp3) is 0.542. The number of fused-ring (bicyclic) bond motifs is 1. The van der Waals surface area contributed by atoms with Crippen LogP contribution in [-0.4, -0.2) is 53.4 Å². The zero-order chi connectivity index (χ0) is 25.0. The van der Waals surface area contributed by atoms with Crippen molar-refractivity contribution in [3.8, 4) is 17.1 Å². The first kappa shape index (κ1) is 25.2. The molecule has 1 aromatic carbocycles. The summed E-state index contributed by atoms with van der Waals surface area (Å²) in [5.74, 6) is 1.16. The predicted molar refractivity (Wildman–Crippen MR) is 130 cm³/mol. The fourth-order valence-corrected chi connectivity index (χ4v) is 3.83. The standard InChI is InChI=1S/C24H34N6O4/c1-7-8-11-34-20-18-12-16(21-25-27-28-26-21)9-10-17(18)22(31)29(13-15(2)3)19(20)14-30(23(32)33)24(4,5)6/h9-10,12,15H,7-8,11,13-14H2,1-6H3,(H,32,33)(H,25,26,27,28). The molecule has 34 heavy (non-hydrogen) atoms. The van der Waals surface area contributed by atoms with Gasteiger partial charge in [-0.3, -0.25) is 9.69 Å². The minimum absolute atomic E-state index is 0.0201. The second-order valence-electron chi connectivity index (χ2n) is 9.84. The summed E-state index contributed by atoms with van der Waals surface area (Å²) >= 11 is 0. The molecular formula is C24H34N6O4. The predicted octanol–water partition coefficient (Wildman–Crippen LogP) is 4.30. The van der Waals surface area contributed by atoms with Gasteiger partial charge < -0.3 is 14.4 Å². The first-order chi connectivity index (χ1) is 16.0. The summed E-state index contributed by atoms with van der Waals surface area (Å²) < 4.78 is 7.96. The number of benzene rings is 1. The van der Waals surface area contributed by atoms with E-state index in [0.717, 1.165) is 12.8 Å². The van der Waals surface area contributed by atoms with Crippen LogP contribution in [-0.2, 0) is 13.1 Å². The number of pyridine rings is 1. The molecule has 0 saturated carbocycles. The number of hydrogen-bond acceptors (Lipinski definition) is 6. The largest absolute Gasteiger partial charge is 0.491 e. The van der Waals surface area contributed by atoms with Gasteiger partial charge in [-0.15, -0.1) is 5.10 Å². The second-order valence-corrected chi connectivity index (χ2v) is 9.84. The number of carbonyl (C=O) groups is 1. The molecule has 2 N–H and O–H groups in total. The zero-order valence-electron chi connectivity index (χ0n) is 20.8. The Bertz CT molecular complexity index is 1190. The molecule has 10 nitrogen and oxygen atoms in total. The number of hydrogen-bond donors (Lipinski definition) is 2. The summed E-state index contributed by atoms with van der Waals surface area (Å²) in [5, 5.41) is 25.1. The van der Waals surface area contributed by atoms with Gasteiger partial charge in [0, 0.05) is 23.0 Å². The Kier molecular flexibility index (Phi) is 7.58. The number of tetrazole rings is 1. The molecule has 1 amide bonds. The number of H-pyrrole nitrogens is 1. The normalized spacial score (nSPS) is 11.9. The van der Waals surface area contributed by atoms with Gasteiger partial charge in [0.25, 0.3) is 5.56 Å². The minimum Gasteiger partial charge on any atom is -0.491 e. The molecular weight excluding hydrogens is 436 g/mol. The number of nitrogens with zero attached hydrogens (tertiary/aromatic N) is 5. The molecule has 0 atom stereocenters. The van der Waals surface area contributed by atoms with Crippen molar-refractivity contribution in [3.05, 3.63) is 34.2 Å². The van der Waals surface area contributed by atoms with Crippen LogP contribution >= 0.6 is 0 Å². The van der Waals surface area contributed by atoms with Gasteiger partial charge in [-0.2, -0.15) is 0 Å². The zero-order valence-corrected chi connectivity index (χ0v) is 20.8. The lowest BCUT2D eigenvalue weighted by Gasteiger charge is -2.34. The van der Waals surface area contributed by atoms with Gasteiger partial charge in [-0.05, 0) is 55.7 Å². The van der Waals surface area contributed by atoms with E-state index in [9.17, 15) is 14.7 Å². The van der Waals surface area contributed by atoms with E-state index in [1.165, 1.54) is 4.90 Å². The molecule has 0 saturated heterocycles. The molecule has 184 valence electrons. The van der Waals surface area contributed by atoms with Crippen molar-refractivity contribution in [2.45, 2.75) is 73.0 Å². The van der Waals surface area contributed by atoms with Gasteiger partial charge in [0.1, 0.15) is 5.75 Å². The minimum atomic E-state index is -1.06. The molecule has 0 aliphatic carbocycles. The smallest absolute Gasteiger partial charge is 0.408 e. The maximum Gasteiger partial charge on any atom is 0.408 e. The van der Waals surface area contributed by atoms with Crippen LogP contribution in [0.1, 0.15) is 60.1 Å². The Morgan fingerprint density at radius 2 is 2.00 bits per heavy atom. The lowest BCUT2D eigenvalue weighted by molar-refractivity contribution is 0.0927. The summed E-state index contributed by atoms with van der Waals surface area (Å²) in [4.78, 5) is 27.2. The molecule has 0 unspecified atom stereocenters. The maximum absolute atomic E-state index is 13.7. The van der Waals surface area contributed by atoms with Crippen LogP contribution in [0, 0.1) is 5.92 Å². The van der Waals surface area contributed by atoms with Crippen LogP contribution in [0.15, 0.2) is 23.0 Å². The summed E-state index contributed by atoms with van der Waals surface area (Å²) in [6, 6.07) is 5.37. The van der Waals surface area contributed by atoms with Gasteiger partial charge in [-0.1, -0.05) is 33.3 Å². The van der Waals surface area contributed by atoms with Crippen LogP contribution < -0.4 is 10.3 Å². The monoisotopic (exact) mass is 470 g/mol. The Labute approximate surface area is 198 Å². The molecule has 0 bridgehead atoms. The molecule has 2 heterocycles. The van der Waals surface area contributed by atoms with Gasteiger partial charge in [0.05, 0.1) is 24.2 Å². The maximum atomic E-state index is 13.7. The quantitative estimate of drug-likeness (QED) is 0.447. The van der Waals surface area contributed by atoms with E-state index in [4.69, 9.17) is 4.74 Å². The number of ether oxygens (including phenoxy) is 1. The number of unbranched alkanes of at least 4 members (excludes halogenated alkanes) is 1. The van der Waals surface area contributed by atoms with E-state index in [1.807, 2.05) is 40.7 Å². The van der Waals surface area contributed by atoms with E-state index >= 15 is 0 Å². The molecule has 0 aliphatic heterocycles. The Balaban J connectivity index is 2.33. The Morgan fingerprint density at radius 1 is 1.26 bits per heavy atom. The number of aromatic nitrogens is 5. The average molecular weight is 471 g/mol. The van der Waals surface area contributed by atoms with Crippen molar-refractivity contribution in [2.24, 2.45) is 5.92 Å². The van der Waals surface area contributed by atoms with E-state index in [0.29, 0.717) is 46.8 Å². The highest BCUT2D eigenvalue weighted by atomic mass is 16.5. The average Bonchev–Trinajstić information content (AvgIpc) is 3.29. The lowest BCUT2D eigenvalue weighted by Crippen LogP contribution is -2.45. The van der Waals surface area contributed by atoms with Gasteiger partial charge >= 0.3 is 6.09 Å². The van der Waals surface area contributed by atoms with Crippen molar-refractivity contribution in [1.29, 1.82) is 0 Å². The molecule has 0 spiro atoms. The third-order valence-electron chi connectivity index (χ3n) is 5.59. The highest BCUT2D eigenvalue weighted by Gasteiger charge is 2.30. The van der Waals surface area contributed by atoms with Gasteiger partial charge in [0.2, 0.25) is 0 Å². The number of nitrogens with one attached hydrogen (secondary N) is 1. The summed E-state index contributed by atoms with van der Waals surface area (Å²) in [6.07, 6.45) is 0.715. The van der Waals surface area contributed by atoms with Gasteiger partial charge in [0.15, 0.2) is 5.82 Å². The fourth-order valence-electron chi connectivity index (χ4n) is 3.83. The molecule has 3 aromatic rings. The number of amides is 1. The van der Waals surface area contributed by atoms with Crippen molar-refractivity contribution in [1.82, 2.24) is 30.1 Å². The molecule has 0 fully saturated rings. The Morgan fingerprint density at radius 3 is 2.56 bits per heavy atom. The SMILES string of the molecule is CCCCOc1c(CN(C(=O)O)C(C)(C)C)n(CC(C)C)c(=O)c2ccc(-c3nnn[nH]3)cc12. The van der Waals surface area contributed by atoms with E-state index < -0.39 is 11.6 Å². The third kappa shape index (κ3) is 5.37. The molecule has 10 heteroatoms. The van der Waals surface area contributed by atoms with Crippen LogP contribution in [0.5, 0.6) is 5.75 Å². The van der Waals surface area contributed by atoms with E-state index in [1.54, 1.807) is 16.7 Å². The number of carboxylic acid groups (broad SMARTS) is 1. The number of aromatic amines is 1. The topological polar surface area (TPSA) is 126 Å². The molecule has 2 aromatic heterocycles. The Hall–Kier alpha value is -3.43. The molecule has 0 radical (unpaired) electrons. The first-order valence-electron chi connectivity index (χ1n) is 11.6. The summed E-state index contributed by atoms with van der Waals surface area (Å²) in [7, 11) is 0. The van der Waals surface area contributed by atoms with Crippen LogP contribution in [0.3, 0.4) is 0 Å². The van der Waals surface area contributed by atoms with Crippen molar-refractivity contribution < 1.29 is 14.6 Å². The van der Waals surface area contributed by atoms with Crippen molar-refractivity contribution in [3.63, 3.8) is 0 Å².